The Balaban J connectivity index is 1.49. The maximum atomic E-state index is 16.0. The van der Waals surface area contributed by atoms with Crippen LogP contribution in [0.3, 0.4) is 0 Å². The Kier molecular flexibility index (Phi) is 6.40. The number of nitrogens with one attached hydrogen (secondary N) is 1. The predicted octanol–water partition coefficient (Wildman–Crippen LogP) is 5.23. The Bertz CT molecular complexity index is 1260. The van der Waals surface area contributed by atoms with Crippen LogP contribution in [0, 0.1) is 11.7 Å². The van der Waals surface area contributed by atoms with Crippen LogP contribution in [-0.4, -0.2) is 49.4 Å². The number of ether oxygens (including phenoxy) is 1. The minimum atomic E-state index is -3.53. The highest BCUT2D eigenvalue weighted by atomic mass is 32.2. The number of halogens is 1. The van der Waals surface area contributed by atoms with Crippen LogP contribution in [0.15, 0.2) is 42.5 Å². The molecule has 194 valence electrons. The van der Waals surface area contributed by atoms with E-state index in [0.29, 0.717) is 29.9 Å². The fourth-order valence-electron chi connectivity index (χ4n) is 5.72. The number of amides is 1. The van der Waals surface area contributed by atoms with Crippen molar-refractivity contribution in [1.82, 2.24) is 9.62 Å². The van der Waals surface area contributed by atoms with Crippen LogP contribution in [0.2, 0.25) is 0 Å². The molecule has 0 radical (unpaired) electrons. The summed E-state index contributed by atoms with van der Waals surface area (Å²) in [7, 11) is -3.53. The SMILES string of the molecule is CC(C)(C)OC(=O)N1C2CC(C2)[C@H](NS(C)(=O)=O)[C@@H]1Cc1cccc(-c2cccc(C3CC3)c2)c1F. The molecule has 6 rings (SSSR count). The van der Waals surface area contributed by atoms with Gasteiger partial charge in [0, 0.05) is 17.6 Å². The maximum absolute atomic E-state index is 16.0. The Hall–Kier alpha value is -2.45. The normalized spacial score (nSPS) is 25.9. The minimum absolute atomic E-state index is 0.0334. The van der Waals surface area contributed by atoms with Gasteiger partial charge in [0.05, 0.1) is 12.3 Å². The van der Waals surface area contributed by atoms with Gasteiger partial charge in [0.2, 0.25) is 10.0 Å². The number of nitrogens with zero attached hydrogens (tertiary/aromatic N) is 1. The largest absolute Gasteiger partial charge is 0.444 e. The molecule has 2 aromatic carbocycles. The summed E-state index contributed by atoms with van der Waals surface area (Å²) in [5.41, 5.74) is 2.36. The summed E-state index contributed by atoms with van der Waals surface area (Å²) in [6.45, 7) is 5.41. The Morgan fingerprint density at radius 1 is 1.14 bits per heavy atom. The van der Waals surface area contributed by atoms with Gasteiger partial charge < -0.3 is 9.64 Å². The summed E-state index contributed by atoms with van der Waals surface area (Å²) in [5.74, 6) is 0.345. The number of sulfonamides is 1. The first-order valence-corrected chi connectivity index (χ1v) is 14.6. The van der Waals surface area contributed by atoms with Crippen molar-refractivity contribution in [3.05, 3.63) is 59.4 Å². The number of hydrogen-bond donors (Lipinski definition) is 1. The molecule has 2 aliphatic heterocycles. The molecule has 4 aliphatic rings. The lowest BCUT2D eigenvalue weighted by atomic mass is 9.67. The zero-order valence-electron chi connectivity index (χ0n) is 21.3. The molecule has 1 N–H and O–H groups in total. The van der Waals surface area contributed by atoms with Crippen LogP contribution in [0.1, 0.15) is 63.5 Å². The molecule has 2 aliphatic carbocycles. The second-order valence-corrected chi connectivity index (χ2v) is 13.4. The van der Waals surface area contributed by atoms with Gasteiger partial charge in [-0.05, 0) is 81.4 Å². The Labute approximate surface area is 213 Å². The van der Waals surface area contributed by atoms with Gasteiger partial charge >= 0.3 is 6.09 Å². The molecule has 2 bridgehead atoms. The summed E-state index contributed by atoms with van der Waals surface area (Å²) in [4.78, 5) is 14.9. The second-order valence-electron chi connectivity index (χ2n) is 11.6. The molecular formula is C28H35FN2O4S. The number of piperidine rings is 2. The van der Waals surface area contributed by atoms with E-state index < -0.39 is 33.8 Å². The van der Waals surface area contributed by atoms with E-state index >= 15 is 4.39 Å². The van der Waals surface area contributed by atoms with Crippen molar-refractivity contribution in [1.29, 1.82) is 0 Å². The highest BCUT2D eigenvalue weighted by Crippen LogP contribution is 2.45. The molecule has 0 spiro atoms. The van der Waals surface area contributed by atoms with Crippen molar-refractivity contribution in [2.45, 2.75) is 82.5 Å². The number of hydrogen-bond acceptors (Lipinski definition) is 4. The molecule has 8 heteroatoms. The summed E-state index contributed by atoms with van der Waals surface area (Å²) in [6, 6.07) is 12.3. The van der Waals surface area contributed by atoms with Gasteiger partial charge in [-0.3, -0.25) is 0 Å². The molecule has 2 heterocycles. The third-order valence-electron chi connectivity index (χ3n) is 7.53. The number of carbonyl (C=O) groups excluding carboxylic acids is 1. The van der Waals surface area contributed by atoms with Crippen LogP contribution >= 0.6 is 0 Å². The lowest BCUT2D eigenvalue weighted by Crippen LogP contribution is -2.70. The van der Waals surface area contributed by atoms with Crippen molar-refractivity contribution < 1.29 is 22.3 Å². The molecular weight excluding hydrogens is 479 g/mol. The van der Waals surface area contributed by atoms with Gasteiger partial charge in [-0.25, -0.2) is 22.3 Å². The van der Waals surface area contributed by atoms with Crippen LogP contribution < -0.4 is 4.72 Å². The lowest BCUT2D eigenvalue weighted by molar-refractivity contribution is -0.0652. The highest BCUT2D eigenvalue weighted by Gasteiger charge is 2.54. The van der Waals surface area contributed by atoms with Gasteiger partial charge in [-0.15, -0.1) is 0 Å². The number of fused-ring (bicyclic) bond motifs is 2. The monoisotopic (exact) mass is 514 g/mol. The van der Waals surface area contributed by atoms with E-state index in [9.17, 15) is 13.2 Å². The molecule has 2 atom stereocenters. The summed E-state index contributed by atoms with van der Waals surface area (Å²) in [5, 5.41) is 0. The first-order valence-electron chi connectivity index (χ1n) is 12.8. The number of carbonyl (C=O) groups is 1. The van der Waals surface area contributed by atoms with E-state index in [-0.39, 0.29) is 24.2 Å². The quantitative estimate of drug-likeness (QED) is 0.573. The molecule has 0 aromatic heterocycles. The van der Waals surface area contributed by atoms with Gasteiger partial charge in [-0.2, -0.15) is 0 Å². The van der Waals surface area contributed by atoms with E-state index in [1.807, 2.05) is 18.2 Å². The fraction of sp³-hybridized carbons (Fsp3) is 0.536. The Morgan fingerprint density at radius 3 is 2.47 bits per heavy atom. The van der Waals surface area contributed by atoms with E-state index in [0.717, 1.165) is 11.8 Å². The van der Waals surface area contributed by atoms with E-state index in [1.54, 1.807) is 37.8 Å². The topological polar surface area (TPSA) is 75.7 Å². The number of rotatable bonds is 6. The van der Waals surface area contributed by atoms with E-state index in [2.05, 4.69) is 16.9 Å². The standard InChI is InChI=1S/C28H35FN2O4S/c1-28(2,3)35-27(32)31-22-14-21(15-22)26(30-36(4,33)34)24(31)16-20-9-6-10-23(25(20)29)19-8-5-7-18(13-19)17-11-12-17/h5-10,13,17,21-22,24,26,30H,11-12,14-16H2,1-4H3/t21?,22?,24-,26-/m0/s1. The fourth-order valence-corrected chi connectivity index (χ4v) is 6.56. The lowest BCUT2D eigenvalue weighted by Gasteiger charge is -2.57. The summed E-state index contributed by atoms with van der Waals surface area (Å²) >= 11 is 0. The van der Waals surface area contributed by atoms with Crippen LogP contribution in [0.5, 0.6) is 0 Å². The van der Waals surface area contributed by atoms with Crippen LogP contribution in [0.25, 0.3) is 11.1 Å². The first-order chi connectivity index (χ1) is 16.9. The van der Waals surface area contributed by atoms with Crippen LogP contribution in [-0.2, 0) is 21.2 Å². The minimum Gasteiger partial charge on any atom is -0.444 e. The molecule has 6 nitrogen and oxygen atoms in total. The van der Waals surface area contributed by atoms with Gasteiger partial charge in [-0.1, -0.05) is 42.5 Å². The van der Waals surface area contributed by atoms with E-state index in [1.165, 1.54) is 18.4 Å². The molecule has 0 unspecified atom stereocenters. The highest BCUT2D eigenvalue weighted by molar-refractivity contribution is 7.88. The first kappa shape index (κ1) is 25.2. The molecule has 2 saturated carbocycles. The van der Waals surface area contributed by atoms with Crippen molar-refractivity contribution >= 4 is 16.1 Å². The Morgan fingerprint density at radius 2 is 1.83 bits per heavy atom. The zero-order chi connectivity index (χ0) is 25.8. The van der Waals surface area contributed by atoms with Crippen molar-refractivity contribution in [3.63, 3.8) is 0 Å². The zero-order valence-corrected chi connectivity index (χ0v) is 22.1. The summed E-state index contributed by atoms with van der Waals surface area (Å²) < 4.78 is 48.9. The van der Waals surface area contributed by atoms with Gasteiger partial charge in [0.1, 0.15) is 11.4 Å². The van der Waals surface area contributed by atoms with E-state index in [4.69, 9.17) is 4.74 Å². The van der Waals surface area contributed by atoms with Crippen molar-refractivity contribution in [3.8, 4) is 11.1 Å². The van der Waals surface area contributed by atoms with Crippen molar-refractivity contribution in [2.75, 3.05) is 6.26 Å². The molecule has 4 fully saturated rings. The average molecular weight is 515 g/mol. The third kappa shape index (κ3) is 5.30. The van der Waals surface area contributed by atoms with Gasteiger partial charge in [0.15, 0.2) is 0 Å². The smallest absolute Gasteiger partial charge is 0.410 e. The number of benzene rings is 2. The second kappa shape index (κ2) is 9.14. The predicted molar refractivity (Wildman–Crippen MR) is 138 cm³/mol. The van der Waals surface area contributed by atoms with Crippen molar-refractivity contribution in [2.24, 2.45) is 5.92 Å². The third-order valence-corrected chi connectivity index (χ3v) is 8.23. The average Bonchev–Trinajstić information content (AvgIpc) is 3.58. The maximum Gasteiger partial charge on any atom is 0.410 e. The van der Waals surface area contributed by atoms with Crippen LogP contribution in [0.4, 0.5) is 9.18 Å². The molecule has 2 aromatic rings. The molecule has 36 heavy (non-hydrogen) atoms. The summed E-state index contributed by atoms with van der Waals surface area (Å²) in [6.07, 6.45) is 4.60. The molecule has 2 saturated heterocycles. The molecule has 1 amide bonds. The van der Waals surface area contributed by atoms with Gasteiger partial charge in [0.25, 0.3) is 0 Å².